The molecule has 1 aliphatic heterocycles. The minimum absolute atomic E-state index is 0.102. The number of carbonyl (C=O) groups excluding carboxylic acids is 2. The summed E-state index contributed by atoms with van der Waals surface area (Å²) in [5.74, 6) is -2.60. The molecular weight excluding hydrogens is 414 g/mol. The second-order valence-corrected chi connectivity index (χ2v) is 11.3. The van der Waals surface area contributed by atoms with Crippen LogP contribution in [0.5, 0.6) is 0 Å². The summed E-state index contributed by atoms with van der Waals surface area (Å²) in [5, 5.41) is 0. The van der Waals surface area contributed by atoms with E-state index in [0.29, 0.717) is 5.56 Å². The van der Waals surface area contributed by atoms with Gasteiger partial charge < -0.3 is 4.74 Å². The summed E-state index contributed by atoms with van der Waals surface area (Å²) < 4.78 is 33.6. The van der Waals surface area contributed by atoms with E-state index in [1.54, 1.807) is 57.2 Å². The third-order valence-electron chi connectivity index (χ3n) is 5.99. The van der Waals surface area contributed by atoms with Crippen molar-refractivity contribution in [3.05, 3.63) is 65.2 Å². The van der Waals surface area contributed by atoms with Gasteiger partial charge in [0.05, 0.1) is 4.90 Å². The van der Waals surface area contributed by atoms with Crippen LogP contribution in [0.4, 0.5) is 0 Å². The molecule has 2 aromatic rings. The van der Waals surface area contributed by atoms with Gasteiger partial charge in [-0.2, -0.15) is 4.31 Å². The van der Waals surface area contributed by atoms with Gasteiger partial charge in [-0.15, -0.1) is 0 Å². The number of aryl methyl sites for hydroxylation is 1. The lowest BCUT2D eigenvalue weighted by Gasteiger charge is -2.33. The van der Waals surface area contributed by atoms with Crippen LogP contribution in [0, 0.1) is 18.8 Å². The Hall–Kier alpha value is -2.51. The molecule has 0 aromatic heterocycles. The highest BCUT2D eigenvalue weighted by Crippen LogP contribution is 2.46. The van der Waals surface area contributed by atoms with Crippen LogP contribution in [0.1, 0.15) is 48.2 Å². The van der Waals surface area contributed by atoms with Crippen molar-refractivity contribution in [1.29, 1.82) is 0 Å². The van der Waals surface area contributed by atoms with E-state index in [4.69, 9.17) is 4.74 Å². The lowest BCUT2D eigenvalue weighted by atomic mass is 9.70. The Morgan fingerprint density at radius 3 is 2.32 bits per heavy atom. The fraction of sp³-hybridized carbons (Fsp3) is 0.417. The number of benzene rings is 2. The van der Waals surface area contributed by atoms with Crippen molar-refractivity contribution in [2.45, 2.75) is 44.1 Å². The molecule has 2 aliphatic rings. The van der Waals surface area contributed by atoms with Crippen LogP contribution in [0.3, 0.4) is 0 Å². The molecule has 1 heterocycles. The van der Waals surface area contributed by atoms with Gasteiger partial charge in [0.2, 0.25) is 10.0 Å². The molecule has 0 radical (unpaired) electrons. The van der Waals surface area contributed by atoms with E-state index in [0.717, 1.165) is 11.1 Å². The van der Waals surface area contributed by atoms with Crippen molar-refractivity contribution in [3.8, 4) is 0 Å². The smallest absolute Gasteiger partial charge is 0.317 e. The van der Waals surface area contributed by atoms with Crippen molar-refractivity contribution in [1.82, 2.24) is 4.31 Å². The molecule has 6 nitrogen and oxygen atoms in total. The SMILES string of the molecule is Cc1ccc(S(=O)(=O)N2C[C@@H]3c4ccccc4C(=O)C(C(=O)OC(C)(C)C)[C@@H]3C2)cc1. The maximum absolute atomic E-state index is 13.3. The number of ether oxygens (including phenoxy) is 1. The maximum Gasteiger partial charge on any atom is 0.317 e. The van der Waals surface area contributed by atoms with E-state index in [9.17, 15) is 18.0 Å². The van der Waals surface area contributed by atoms with E-state index in [1.165, 1.54) is 4.31 Å². The van der Waals surface area contributed by atoms with Crippen LogP contribution >= 0.6 is 0 Å². The average Bonchev–Trinajstić information content (AvgIpc) is 3.13. The molecule has 1 fully saturated rings. The normalized spacial score (nSPS) is 23.9. The summed E-state index contributed by atoms with van der Waals surface area (Å²) in [5.41, 5.74) is 1.52. The molecule has 164 valence electrons. The Balaban J connectivity index is 1.73. The second kappa shape index (κ2) is 7.57. The minimum Gasteiger partial charge on any atom is -0.459 e. The highest BCUT2D eigenvalue weighted by molar-refractivity contribution is 7.89. The lowest BCUT2D eigenvalue weighted by Crippen LogP contribution is -2.42. The summed E-state index contributed by atoms with van der Waals surface area (Å²) in [6.07, 6.45) is 0. The summed E-state index contributed by atoms with van der Waals surface area (Å²) in [4.78, 5) is 26.5. The van der Waals surface area contributed by atoms with Gasteiger partial charge in [0.15, 0.2) is 5.78 Å². The molecule has 0 saturated carbocycles. The van der Waals surface area contributed by atoms with Gasteiger partial charge in [-0.05, 0) is 45.4 Å². The number of fused-ring (bicyclic) bond motifs is 3. The number of ketones is 1. The van der Waals surface area contributed by atoms with Crippen molar-refractivity contribution in [2.24, 2.45) is 11.8 Å². The number of hydrogen-bond donors (Lipinski definition) is 0. The van der Waals surface area contributed by atoms with E-state index < -0.39 is 33.4 Å². The monoisotopic (exact) mass is 441 g/mol. The molecule has 7 heteroatoms. The quantitative estimate of drug-likeness (QED) is 0.537. The van der Waals surface area contributed by atoms with Crippen LogP contribution in [0.2, 0.25) is 0 Å². The first-order valence-corrected chi connectivity index (χ1v) is 11.9. The number of carbonyl (C=O) groups is 2. The van der Waals surface area contributed by atoms with E-state index >= 15 is 0 Å². The zero-order valence-corrected chi connectivity index (χ0v) is 19.0. The predicted molar refractivity (Wildman–Crippen MR) is 116 cm³/mol. The Morgan fingerprint density at radius 1 is 1.03 bits per heavy atom. The summed E-state index contributed by atoms with van der Waals surface area (Å²) >= 11 is 0. The van der Waals surface area contributed by atoms with Crippen molar-refractivity contribution < 1.29 is 22.7 Å². The van der Waals surface area contributed by atoms with Gasteiger partial charge in [0.25, 0.3) is 0 Å². The number of sulfonamides is 1. The fourth-order valence-electron chi connectivity index (χ4n) is 4.57. The summed E-state index contributed by atoms with van der Waals surface area (Å²) in [7, 11) is -3.75. The Kier molecular flexibility index (Phi) is 5.30. The highest BCUT2D eigenvalue weighted by atomic mass is 32.2. The third kappa shape index (κ3) is 3.92. The van der Waals surface area contributed by atoms with Crippen molar-refractivity contribution >= 4 is 21.8 Å². The largest absolute Gasteiger partial charge is 0.459 e. The van der Waals surface area contributed by atoms with Crippen LogP contribution in [-0.4, -0.2) is 43.2 Å². The zero-order chi connectivity index (χ0) is 22.6. The molecule has 0 bridgehead atoms. The molecule has 1 unspecified atom stereocenters. The van der Waals surface area contributed by atoms with E-state index in [-0.39, 0.29) is 29.7 Å². The molecule has 1 aliphatic carbocycles. The van der Waals surface area contributed by atoms with Gasteiger partial charge in [0.1, 0.15) is 11.5 Å². The van der Waals surface area contributed by atoms with Gasteiger partial charge in [-0.3, -0.25) is 9.59 Å². The highest BCUT2D eigenvalue weighted by Gasteiger charge is 2.53. The number of hydrogen-bond acceptors (Lipinski definition) is 5. The minimum atomic E-state index is -3.75. The Labute approximate surface area is 183 Å². The number of nitrogens with zero attached hydrogens (tertiary/aromatic N) is 1. The molecule has 2 aromatic carbocycles. The first-order valence-electron chi connectivity index (χ1n) is 10.4. The number of esters is 1. The van der Waals surface area contributed by atoms with Gasteiger partial charge >= 0.3 is 5.97 Å². The predicted octanol–water partition coefficient (Wildman–Crippen LogP) is 3.55. The maximum atomic E-state index is 13.3. The topological polar surface area (TPSA) is 80.8 Å². The van der Waals surface area contributed by atoms with Crippen LogP contribution in [-0.2, 0) is 19.6 Å². The van der Waals surface area contributed by atoms with Crippen LogP contribution in [0.15, 0.2) is 53.4 Å². The number of Topliss-reactive ketones (excluding diaryl/α,β-unsaturated/α-hetero) is 1. The molecular formula is C24H27NO5S. The summed E-state index contributed by atoms with van der Waals surface area (Å²) in [6.45, 7) is 7.50. The molecule has 4 rings (SSSR count). The lowest BCUT2D eigenvalue weighted by molar-refractivity contribution is -0.159. The van der Waals surface area contributed by atoms with Crippen molar-refractivity contribution in [3.63, 3.8) is 0 Å². The standard InChI is InChI=1S/C24H27NO5S/c1-15-9-11-16(12-10-15)31(28,29)25-13-19-17-7-5-6-8-18(17)22(26)21(20(19)14-25)23(27)30-24(2,3)4/h5-12,19-21H,13-14H2,1-4H3/t19-,20-,21?/m1/s1. The molecule has 0 spiro atoms. The van der Waals surface area contributed by atoms with E-state index in [2.05, 4.69) is 0 Å². The van der Waals surface area contributed by atoms with Crippen LogP contribution in [0.25, 0.3) is 0 Å². The molecule has 1 saturated heterocycles. The van der Waals surface area contributed by atoms with Gasteiger partial charge in [-0.25, -0.2) is 8.42 Å². The van der Waals surface area contributed by atoms with Crippen molar-refractivity contribution in [2.75, 3.05) is 13.1 Å². The van der Waals surface area contributed by atoms with Crippen LogP contribution < -0.4 is 0 Å². The molecule has 3 atom stereocenters. The zero-order valence-electron chi connectivity index (χ0n) is 18.2. The number of rotatable bonds is 3. The Morgan fingerprint density at radius 2 is 1.68 bits per heavy atom. The molecule has 0 amide bonds. The first-order chi connectivity index (χ1) is 14.5. The van der Waals surface area contributed by atoms with Gasteiger partial charge in [-0.1, -0.05) is 42.0 Å². The third-order valence-corrected chi connectivity index (χ3v) is 7.83. The second-order valence-electron chi connectivity index (χ2n) is 9.37. The molecule has 31 heavy (non-hydrogen) atoms. The van der Waals surface area contributed by atoms with Gasteiger partial charge in [0, 0.05) is 30.5 Å². The summed E-state index contributed by atoms with van der Waals surface area (Å²) in [6, 6.07) is 13.9. The molecule has 0 N–H and O–H groups in total. The Bertz CT molecular complexity index is 1130. The first kappa shape index (κ1) is 21.7. The fourth-order valence-corrected chi connectivity index (χ4v) is 6.07. The average molecular weight is 442 g/mol. The van der Waals surface area contributed by atoms with E-state index in [1.807, 2.05) is 19.1 Å².